The highest BCUT2D eigenvalue weighted by Gasteiger charge is 2.36. The molecular weight excluding hydrogens is 340 g/mol. The number of aromatic nitrogens is 1. The van der Waals surface area contributed by atoms with E-state index in [9.17, 15) is 4.79 Å². The number of methoxy groups -OCH3 is 1. The van der Waals surface area contributed by atoms with Gasteiger partial charge in [0.1, 0.15) is 17.3 Å². The van der Waals surface area contributed by atoms with Gasteiger partial charge in [-0.05, 0) is 49.6 Å². The van der Waals surface area contributed by atoms with Gasteiger partial charge in [0.15, 0.2) is 0 Å². The van der Waals surface area contributed by atoms with Crippen LogP contribution >= 0.6 is 0 Å². The summed E-state index contributed by atoms with van der Waals surface area (Å²) in [4.78, 5) is 19.2. The quantitative estimate of drug-likeness (QED) is 0.667. The Morgan fingerprint density at radius 3 is 2.78 bits per heavy atom. The molecule has 0 aliphatic heterocycles. The molecule has 0 saturated heterocycles. The van der Waals surface area contributed by atoms with Crippen molar-refractivity contribution >= 4 is 16.8 Å². The first-order chi connectivity index (χ1) is 13.0. The fraction of sp³-hybridized carbons (Fsp3) is 0.364. The molecule has 5 heteroatoms. The zero-order valence-corrected chi connectivity index (χ0v) is 16.2. The summed E-state index contributed by atoms with van der Waals surface area (Å²) in [6.07, 6.45) is 1.19. The first-order valence-corrected chi connectivity index (χ1v) is 9.25. The minimum atomic E-state index is -0.0598. The third kappa shape index (κ3) is 3.42. The van der Waals surface area contributed by atoms with E-state index in [2.05, 4.69) is 11.9 Å². The number of aryl methyl sites for hydroxylation is 1. The van der Waals surface area contributed by atoms with Crippen LogP contribution in [0.5, 0.6) is 5.75 Å². The molecule has 2 aromatic heterocycles. The summed E-state index contributed by atoms with van der Waals surface area (Å²) >= 11 is 0. The van der Waals surface area contributed by atoms with Crippen molar-refractivity contribution in [1.82, 2.24) is 9.88 Å². The molecule has 2 heterocycles. The summed E-state index contributed by atoms with van der Waals surface area (Å²) in [6, 6.07) is 11.6. The number of fused-ring (bicyclic) bond motifs is 1. The van der Waals surface area contributed by atoms with Crippen LogP contribution in [0, 0.1) is 12.8 Å². The zero-order valence-electron chi connectivity index (χ0n) is 16.2. The van der Waals surface area contributed by atoms with Gasteiger partial charge in [0.05, 0.1) is 30.4 Å². The number of carbonyl (C=O) groups excluding carboxylic acids is 1. The van der Waals surface area contributed by atoms with Gasteiger partial charge in [-0.2, -0.15) is 0 Å². The Bertz CT molecular complexity index is 1010. The number of amides is 1. The summed E-state index contributed by atoms with van der Waals surface area (Å²) in [6.45, 7) is 4.53. The Kier molecular flexibility index (Phi) is 4.38. The predicted octanol–water partition coefficient (Wildman–Crippen LogP) is 4.54. The Morgan fingerprint density at radius 2 is 2.07 bits per heavy atom. The number of furan rings is 1. The molecule has 140 valence electrons. The van der Waals surface area contributed by atoms with Gasteiger partial charge in [0.25, 0.3) is 5.91 Å². The normalized spacial score (nSPS) is 18.5. The fourth-order valence-corrected chi connectivity index (χ4v) is 3.50. The molecule has 0 bridgehead atoms. The topological polar surface area (TPSA) is 55.6 Å². The molecule has 2 atom stereocenters. The molecule has 1 fully saturated rings. The van der Waals surface area contributed by atoms with Crippen molar-refractivity contribution in [3.8, 4) is 5.75 Å². The van der Waals surface area contributed by atoms with E-state index in [0.717, 1.165) is 28.2 Å². The number of rotatable bonds is 5. The number of ether oxygens (including phenoxy) is 1. The van der Waals surface area contributed by atoms with E-state index in [1.165, 1.54) is 6.42 Å². The van der Waals surface area contributed by atoms with Gasteiger partial charge in [-0.1, -0.05) is 6.92 Å². The molecule has 27 heavy (non-hydrogen) atoms. The average Bonchev–Trinajstić information content (AvgIpc) is 3.21. The van der Waals surface area contributed by atoms with Gasteiger partial charge in [0.2, 0.25) is 0 Å². The van der Waals surface area contributed by atoms with Crippen LogP contribution in [0.25, 0.3) is 10.9 Å². The smallest absolute Gasteiger partial charge is 0.255 e. The number of benzene rings is 1. The lowest BCUT2D eigenvalue weighted by atomic mass is 10.1. The second-order valence-corrected chi connectivity index (χ2v) is 7.46. The van der Waals surface area contributed by atoms with Crippen LogP contribution in [0.15, 0.2) is 40.8 Å². The maximum Gasteiger partial charge on any atom is 0.255 e. The van der Waals surface area contributed by atoms with Crippen LogP contribution < -0.4 is 4.74 Å². The van der Waals surface area contributed by atoms with Crippen molar-refractivity contribution in [3.63, 3.8) is 0 Å². The van der Waals surface area contributed by atoms with Crippen molar-refractivity contribution in [2.75, 3.05) is 14.2 Å². The molecule has 1 amide bonds. The van der Waals surface area contributed by atoms with E-state index in [1.807, 2.05) is 43.3 Å². The molecule has 0 spiro atoms. The fourth-order valence-electron chi connectivity index (χ4n) is 3.50. The second kappa shape index (κ2) is 6.72. The van der Waals surface area contributed by atoms with E-state index in [-0.39, 0.29) is 5.91 Å². The number of hydrogen-bond donors (Lipinski definition) is 0. The van der Waals surface area contributed by atoms with E-state index >= 15 is 0 Å². The van der Waals surface area contributed by atoms with Gasteiger partial charge in [-0.3, -0.25) is 9.78 Å². The Hall–Kier alpha value is -2.82. The molecule has 1 saturated carbocycles. The Labute approximate surface area is 158 Å². The molecular formula is C22H24N2O3. The van der Waals surface area contributed by atoms with Crippen molar-refractivity contribution in [2.45, 2.75) is 32.7 Å². The maximum atomic E-state index is 13.0. The first-order valence-electron chi connectivity index (χ1n) is 9.25. The Morgan fingerprint density at radius 1 is 1.30 bits per heavy atom. The number of pyridine rings is 1. The van der Waals surface area contributed by atoms with Gasteiger partial charge >= 0.3 is 0 Å². The van der Waals surface area contributed by atoms with Crippen LogP contribution in [-0.2, 0) is 6.54 Å². The maximum absolute atomic E-state index is 13.0. The molecule has 1 aromatic carbocycles. The van der Waals surface area contributed by atoms with E-state index in [1.54, 1.807) is 19.1 Å². The van der Waals surface area contributed by atoms with Crippen molar-refractivity contribution in [2.24, 2.45) is 5.92 Å². The summed E-state index contributed by atoms with van der Waals surface area (Å²) in [5, 5.41) is 0.918. The lowest BCUT2D eigenvalue weighted by molar-refractivity contribution is 0.0774. The molecule has 0 unspecified atom stereocenters. The second-order valence-electron chi connectivity index (χ2n) is 7.46. The van der Waals surface area contributed by atoms with E-state index in [0.29, 0.717) is 29.6 Å². The largest absolute Gasteiger partial charge is 0.497 e. The highest BCUT2D eigenvalue weighted by molar-refractivity contribution is 5.98. The summed E-state index contributed by atoms with van der Waals surface area (Å²) in [5.41, 5.74) is 2.14. The van der Waals surface area contributed by atoms with Gasteiger partial charge in [-0.25, -0.2) is 0 Å². The molecule has 5 nitrogen and oxygen atoms in total. The number of carbonyl (C=O) groups is 1. The molecule has 1 aliphatic carbocycles. The first kappa shape index (κ1) is 17.6. The predicted molar refractivity (Wildman–Crippen MR) is 104 cm³/mol. The zero-order chi connectivity index (χ0) is 19.1. The minimum Gasteiger partial charge on any atom is -0.497 e. The van der Waals surface area contributed by atoms with Crippen LogP contribution in [0.4, 0.5) is 0 Å². The summed E-state index contributed by atoms with van der Waals surface area (Å²) < 4.78 is 11.2. The van der Waals surface area contributed by atoms with Crippen LogP contribution in [0.1, 0.15) is 46.8 Å². The minimum absolute atomic E-state index is 0.0598. The van der Waals surface area contributed by atoms with Gasteiger partial charge < -0.3 is 14.1 Å². The van der Waals surface area contributed by atoms with Crippen molar-refractivity contribution in [3.05, 3.63) is 59.2 Å². The molecule has 0 radical (unpaired) electrons. The van der Waals surface area contributed by atoms with Crippen LogP contribution in [0.3, 0.4) is 0 Å². The van der Waals surface area contributed by atoms with Gasteiger partial charge in [-0.15, -0.1) is 0 Å². The lowest BCUT2D eigenvalue weighted by Crippen LogP contribution is -2.27. The SMILES string of the molecule is COc1ccc2cc(C(=O)N(C)Cc3ccc([C@H]4C[C@@H]4C)o3)c(C)nc2c1. The van der Waals surface area contributed by atoms with Gasteiger partial charge in [0, 0.05) is 24.4 Å². The van der Waals surface area contributed by atoms with Crippen LogP contribution in [-0.4, -0.2) is 29.9 Å². The monoisotopic (exact) mass is 364 g/mol. The highest BCUT2D eigenvalue weighted by atomic mass is 16.5. The number of hydrogen-bond acceptors (Lipinski definition) is 4. The van der Waals surface area contributed by atoms with E-state index in [4.69, 9.17) is 9.15 Å². The van der Waals surface area contributed by atoms with Crippen LogP contribution in [0.2, 0.25) is 0 Å². The number of nitrogens with zero attached hydrogens (tertiary/aromatic N) is 2. The third-order valence-corrected chi connectivity index (χ3v) is 5.34. The van der Waals surface area contributed by atoms with Crippen molar-refractivity contribution in [1.29, 1.82) is 0 Å². The molecule has 4 rings (SSSR count). The molecule has 1 aliphatic rings. The average molecular weight is 364 g/mol. The third-order valence-electron chi connectivity index (χ3n) is 5.34. The lowest BCUT2D eigenvalue weighted by Gasteiger charge is -2.17. The molecule has 3 aromatic rings. The summed E-state index contributed by atoms with van der Waals surface area (Å²) in [5.74, 6) is 3.79. The van der Waals surface area contributed by atoms with E-state index < -0.39 is 0 Å². The molecule has 0 N–H and O–H groups in total. The Balaban J connectivity index is 1.54. The highest BCUT2D eigenvalue weighted by Crippen LogP contribution is 2.47. The summed E-state index contributed by atoms with van der Waals surface area (Å²) in [7, 11) is 3.42. The standard InChI is InChI=1S/C22H24N2O3/c1-13-9-18(13)21-8-7-17(27-21)12-24(3)22(25)19-10-15-5-6-16(26-4)11-20(15)23-14(19)2/h5-8,10-11,13,18H,9,12H2,1-4H3/t13-,18-/m0/s1. The van der Waals surface area contributed by atoms with Crippen molar-refractivity contribution < 1.29 is 13.9 Å².